The Morgan fingerprint density at radius 3 is 2.10 bits per heavy atom. The Hall–Kier alpha value is -4.20. The third kappa shape index (κ3) is 8.18. The summed E-state index contributed by atoms with van der Waals surface area (Å²) in [6.07, 6.45) is -0.615. The quantitative estimate of drug-likeness (QED) is 0.217. The molecule has 5 rings (SSSR count). The molecule has 7 heteroatoms. The minimum atomic E-state index is -0.615. The lowest BCUT2D eigenvalue weighted by molar-refractivity contribution is 0.0672. The average molecular weight is 567 g/mol. The molecule has 42 heavy (non-hydrogen) atoms. The van der Waals surface area contributed by atoms with Crippen molar-refractivity contribution < 1.29 is 13.9 Å². The number of likely N-dealkylation sites (N-methyl/N-ethyl adjacent to an activating group) is 1. The zero-order chi connectivity index (χ0) is 29.1. The van der Waals surface area contributed by atoms with Crippen molar-refractivity contribution in [2.75, 3.05) is 42.9 Å². The van der Waals surface area contributed by atoms with Crippen LogP contribution in [-0.4, -0.2) is 54.7 Å². The van der Waals surface area contributed by atoms with Gasteiger partial charge in [-0.25, -0.2) is 9.18 Å². The fourth-order valence-corrected chi connectivity index (χ4v) is 5.51. The largest absolute Gasteiger partial charge is 0.444 e. The number of hydrogen-bond acceptors (Lipinski definition) is 5. The molecule has 0 aliphatic carbocycles. The molecule has 0 bridgehead atoms. The summed E-state index contributed by atoms with van der Waals surface area (Å²) >= 11 is 0. The van der Waals surface area contributed by atoms with Crippen LogP contribution in [0.2, 0.25) is 0 Å². The summed E-state index contributed by atoms with van der Waals surface area (Å²) in [6.45, 7) is 8.15. The van der Waals surface area contributed by atoms with Crippen molar-refractivity contribution >= 4 is 17.5 Å². The van der Waals surface area contributed by atoms with Gasteiger partial charge in [0.25, 0.3) is 0 Å². The van der Waals surface area contributed by atoms with E-state index in [-0.39, 0.29) is 18.5 Å². The number of carbonyl (C=O) groups is 1. The van der Waals surface area contributed by atoms with Crippen molar-refractivity contribution in [1.29, 1.82) is 0 Å². The normalized spacial score (nSPS) is 15.7. The van der Waals surface area contributed by atoms with Gasteiger partial charge >= 0.3 is 6.09 Å². The van der Waals surface area contributed by atoms with E-state index in [0.29, 0.717) is 24.5 Å². The van der Waals surface area contributed by atoms with Crippen LogP contribution in [0.3, 0.4) is 0 Å². The molecule has 218 valence electrons. The zero-order valence-electron chi connectivity index (χ0n) is 24.2. The second kappa shape index (κ2) is 14.6. The standard InChI is InChI=1S/C35H39FN4O2/c1-2-39(34-19-18-31(22-33(34)36)37-35(41)42-27-30-16-10-5-11-17-30)26-32-25-38(23-28-12-6-3-7-13-28)20-21-40(32)24-29-14-8-4-9-15-29/h3-19,22,32H,2,20-21,23-27H2,1H3,(H,37,41). The van der Waals surface area contributed by atoms with Gasteiger partial charge in [0, 0.05) is 57.5 Å². The number of hydrogen-bond donors (Lipinski definition) is 1. The summed E-state index contributed by atoms with van der Waals surface area (Å²) < 4.78 is 20.8. The van der Waals surface area contributed by atoms with Crippen molar-refractivity contribution in [3.05, 3.63) is 132 Å². The Bertz CT molecular complexity index is 1400. The maximum Gasteiger partial charge on any atom is 0.411 e. The molecule has 1 aliphatic rings. The van der Waals surface area contributed by atoms with E-state index in [4.69, 9.17) is 4.74 Å². The zero-order valence-corrected chi connectivity index (χ0v) is 24.2. The Morgan fingerprint density at radius 1 is 0.857 bits per heavy atom. The number of anilines is 2. The van der Waals surface area contributed by atoms with Crippen LogP contribution < -0.4 is 10.2 Å². The van der Waals surface area contributed by atoms with Gasteiger partial charge in [-0.15, -0.1) is 0 Å². The number of halogens is 1. The minimum Gasteiger partial charge on any atom is -0.444 e. The lowest BCUT2D eigenvalue weighted by atomic mass is 10.1. The highest BCUT2D eigenvalue weighted by atomic mass is 19.1. The summed E-state index contributed by atoms with van der Waals surface area (Å²) in [4.78, 5) is 19.4. The van der Waals surface area contributed by atoms with Gasteiger partial charge in [-0.05, 0) is 41.8 Å². The molecule has 0 saturated carbocycles. The van der Waals surface area contributed by atoms with Crippen LogP contribution in [0.1, 0.15) is 23.6 Å². The lowest BCUT2D eigenvalue weighted by Crippen LogP contribution is -2.56. The van der Waals surface area contributed by atoms with E-state index in [1.165, 1.54) is 17.2 Å². The molecule has 1 aliphatic heterocycles. The highest BCUT2D eigenvalue weighted by Crippen LogP contribution is 2.25. The second-order valence-corrected chi connectivity index (χ2v) is 10.7. The number of nitrogens with zero attached hydrogens (tertiary/aromatic N) is 3. The predicted molar refractivity (Wildman–Crippen MR) is 167 cm³/mol. The van der Waals surface area contributed by atoms with E-state index in [1.54, 1.807) is 12.1 Å². The van der Waals surface area contributed by atoms with Gasteiger partial charge in [-0.2, -0.15) is 0 Å². The Balaban J connectivity index is 1.26. The van der Waals surface area contributed by atoms with Gasteiger partial charge in [0.2, 0.25) is 0 Å². The molecular weight excluding hydrogens is 527 g/mol. The SMILES string of the molecule is CCN(CC1CN(Cc2ccccc2)CCN1Cc1ccccc1)c1ccc(NC(=O)OCc2ccccc2)cc1F. The number of nitrogens with one attached hydrogen (secondary N) is 1. The molecule has 1 saturated heterocycles. The number of benzene rings is 4. The fourth-order valence-electron chi connectivity index (χ4n) is 5.51. The Morgan fingerprint density at radius 2 is 1.48 bits per heavy atom. The molecule has 4 aromatic rings. The summed E-state index contributed by atoms with van der Waals surface area (Å²) in [5.41, 5.74) is 4.36. The monoisotopic (exact) mass is 566 g/mol. The third-order valence-corrected chi connectivity index (χ3v) is 7.73. The van der Waals surface area contributed by atoms with Gasteiger partial charge in [-0.3, -0.25) is 15.1 Å². The summed E-state index contributed by atoms with van der Waals surface area (Å²) in [6, 6.07) is 35.6. The van der Waals surface area contributed by atoms with Gasteiger partial charge in [0.1, 0.15) is 12.4 Å². The molecule has 0 spiro atoms. The topological polar surface area (TPSA) is 48.0 Å². The Labute approximate surface area is 248 Å². The smallest absolute Gasteiger partial charge is 0.411 e. The number of rotatable bonds is 11. The van der Waals surface area contributed by atoms with Crippen molar-refractivity contribution in [3.8, 4) is 0 Å². The predicted octanol–water partition coefficient (Wildman–Crippen LogP) is 6.79. The van der Waals surface area contributed by atoms with E-state index in [2.05, 4.69) is 75.5 Å². The van der Waals surface area contributed by atoms with Crippen LogP contribution in [-0.2, 0) is 24.4 Å². The highest BCUT2D eigenvalue weighted by molar-refractivity contribution is 5.85. The molecule has 1 atom stereocenters. The minimum absolute atomic E-state index is 0.152. The maximum atomic E-state index is 15.5. The first-order chi connectivity index (χ1) is 20.6. The number of carbonyl (C=O) groups excluding carboxylic acids is 1. The van der Waals surface area contributed by atoms with E-state index in [9.17, 15) is 4.79 Å². The number of piperazine rings is 1. The van der Waals surface area contributed by atoms with Crippen LogP contribution in [0, 0.1) is 5.82 Å². The Kier molecular flexibility index (Phi) is 10.2. The molecule has 1 heterocycles. The molecule has 1 N–H and O–H groups in total. The van der Waals surface area contributed by atoms with E-state index in [0.717, 1.165) is 38.3 Å². The van der Waals surface area contributed by atoms with Gasteiger partial charge in [-0.1, -0.05) is 91.0 Å². The third-order valence-electron chi connectivity index (χ3n) is 7.73. The van der Waals surface area contributed by atoms with Gasteiger partial charge in [0.15, 0.2) is 0 Å². The van der Waals surface area contributed by atoms with E-state index < -0.39 is 6.09 Å². The van der Waals surface area contributed by atoms with E-state index >= 15 is 4.39 Å². The van der Waals surface area contributed by atoms with Crippen molar-refractivity contribution in [3.63, 3.8) is 0 Å². The van der Waals surface area contributed by atoms with Crippen LogP contribution in [0.5, 0.6) is 0 Å². The molecule has 0 radical (unpaired) electrons. The highest BCUT2D eigenvalue weighted by Gasteiger charge is 2.29. The first-order valence-electron chi connectivity index (χ1n) is 14.6. The average Bonchev–Trinajstić information content (AvgIpc) is 3.02. The van der Waals surface area contributed by atoms with Crippen LogP contribution in [0.4, 0.5) is 20.6 Å². The molecule has 1 amide bonds. The number of amides is 1. The fraction of sp³-hybridized carbons (Fsp3) is 0.286. The molecule has 6 nitrogen and oxygen atoms in total. The van der Waals surface area contributed by atoms with Crippen LogP contribution >= 0.6 is 0 Å². The summed E-state index contributed by atoms with van der Waals surface area (Å²) in [5.74, 6) is -0.371. The molecule has 1 fully saturated rings. The first kappa shape index (κ1) is 29.3. The van der Waals surface area contributed by atoms with Crippen LogP contribution in [0.25, 0.3) is 0 Å². The number of ether oxygens (including phenoxy) is 1. The van der Waals surface area contributed by atoms with Gasteiger partial charge < -0.3 is 9.64 Å². The molecule has 0 aromatic heterocycles. The van der Waals surface area contributed by atoms with Crippen molar-refractivity contribution in [2.24, 2.45) is 0 Å². The van der Waals surface area contributed by atoms with E-state index in [1.807, 2.05) is 42.5 Å². The first-order valence-corrected chi connectivity index (χ1v) is 14.6. The lowest BCUT2D eigenvalue weighted by Gasteiger charge is -2.44. The molecule has 4 aromatic carbocycles. The molecule has 1 unspecified atom stereocenters. The van der Waals surface area contributed by atoms with Crippen molar-refractivity contribution in [1.82, 2.24) is 9.80 Å². The maximum absolute atomic E-state index is 15.5. The van der Waals surface area contributed by atoms with Crippen LogP contribution in [0.15, 0.2) is 109 Å². The second-order valence-electron chi connectivity index (χ2n) is 10.7. The summed E-state index contributed by atoms with van der Waals surface area (Å²) in [5, 5.41) is 2.65. The van der Waals surface area contributed by atoms with Crippen molar-refractivity contribution in [2.45, 2.75) is 32.7 Å². The summed E-state index contributed by atoms with van der Waals surface area (Å²) in [7, 11) is 0. The molecular formula is C35H39FN4O2. The van der Waals surface area contributed by atoms with Gasteiger partial charge in [0.05, 0.1) is 5.69 Å².